The Bertz CT molecular complexity index is 1000. The average molecular weight is 443 g/mol. The third kappa shape index (κ3) is 6.15. The van der Waals surface area contributed by atoms with Gasteiger partial charge in [0.15, 0.2) is 12.4 Å². The summed E-state index contributed by atoms with van der Waals surface area (Å²) in [5, 5.41) is 0. The highest BCUT2D eigenvalue weighted by Gasteiger charge is 2.27. The van der Waals surface area contributed by atoms with Gasteiger partial charge in [-0.25, -0.2) is 0 Å². The number of hydrogen-bond acceptors (Lipinski definition) is 5. The van der Waals surface area contributed by atoms with Gasteiger partial charge < -0.3 is 4.74 Å². The molecule has 1 aliphatic heterocycles. The normalized spacial score (nSPS) is 14.8. The molecule has 0 radical (unpaired) electrons. The molecule has 1 fully saturated rings. The van der Waals surface area contributed by atoms with Crippen molar-refractivity contribution < 1.29 is 14.3 Å². The highest BCUT2D eigenvalue weighted by atomic mass is 16.5. The molecule has 0 N–H and O–H groups in total. The van der Waals surface area contributed by atoms with Gasteiger partial charge in [0.2, 0.25) is 0 Å². The van der Waals surface area contributed by atoms with Crippen molar-refractivity contribution in [3.8, 4) is 0 Å². The van der Waals surface area contributed by atoms with E-state index in [0.29, 0.717) is 5.56 Å². The summed E-state index contributed by atoms with van der Waals surface area (Å²) in [6.07, 6.45) is 0. The number of benzene rings is 3. The summed E-state index contributed by atoms with van der Waals surface area (Å²) in [5.74, 6) is -0.534. The number of ether oxygens (including phenoxy) is 1. The number of Topliss-reactive ketones (excluding diaryl/α,β-unsaturated/α-hetero) is 1. The molecule has 1 aliphatic rings. The first-order valence-electron chi connectivity index (χ1n) is 11.4. The number of carbonyl (C=O) groups is 2. The summed E-state index contributed by atoms with van der Waals surface area (Å²) < 4.78 is 5.26. The Morgan fingerprint density at radius 1 is 0.788 bits per heavy atom. The van der Waals surface area contributed by atoms with Crippen molar-refractivity contribution in [1.82, 2.24) is 9.80 Å². The minimum Gasteiger partial charge on any atom is -0.456 e. The minimum absolute atomic E-state index is 0.179. The van der Waals surface area contributed by atoms with Gasteiger partial charge in [-0.2, -0.15) is 0 Å². The lowest BCUT2D eigenvalue weighted by atomic mass is 9.96. The Hall–Kier alpha value is -3.28. The van der Waals surface area contributed by atoms with E-state index >= 15 is 0 Å². The highest BCUT2D eigenvalue weighted by molar-refractivity contribution is 5.98. The van der Waals surface area contributed by atoms with Crippen molar-refractivity contribution in [2.24, 2.45) is 0 Å². The second-order valence-corrected chi connectivity index (χ2v) is 8.49. The second kappa shape index (κ2) is 11.0. The maximum Gasteiger partial charge on any atom is 0.320 e. The van der Waals surface area contributed by atoms with Gasteiger partial charge in [-0.05, 0) is 18.1 Å². The molecule has 0 atom stereocenters. The SMILES string of the molecule is Cc1ccc(C(=O)COC(=O)CN2CCN(C(c3ccccc3)c3ccccc3)CC2)cc1. The Morgan fingerprint density at radius 3 is 1.88 bits per heavy atom. The maximum absolute atomic E-state index is 12.3. The molecule has 1 heterocycles. The largest absolute Gasteiger partial charge is 0.456 e. The molecule has 0 unspecified atom stereocenters. The Morgan fingerprint density at radius 2 is 1.33 bits per heavy atom. The van der Waals surface area contributed by atoms with E-state index in [2.05, 4.69) is 58.3 Å². The topological polar surface area (TPSA) is 49.9 Å². The molecule has 5 nitrogen and oxygen atoms in total. The van der Waals surface area contributed by atoms with Crippen LogP contribution in [0.2, 0.25) is 0 Å². The van der Waals surface area contributed by atoms with E-state index < -0.39 is 0 Å². The number of rotatable bonds is 8. The monoisotopic (exact) mass is 442 g/mol. The Kier molecular flexibility index (Phi) is 7.66. The van der Waals surface area contributed by atoms with Crippen molar-refractivity contribution in [2.75, 3.05) is 39.3 Å². The van der Waals surface area contributed by atoms with E-state index in [-0.39, 0.29) is 30.9 Å². The number of ketones is 1. The molecule has 0 aromatic heterocycles. The molecule has 0 saturated carbocycles. The first kappa shape index (κ1) is 22.9. The van der Waals surface area contributed by atoms with Gasteiger partial charge in [0.25, 0.3) is 0 Å². The van der Waals surface area contributed by atoms with Gasteiger partial charge >= 0.3 is 5.97 Å². The van der Waals surface area contributed by atoms with Crippen LogP contribution in [0.3, 0.4) is 0 Å². The number of esters is 1. The van der Waals surface area contributed by atoms with Gasteiger partial charge in [-0.15, -0.1) is 0 Å². The van der Waals surface area contributed by atoms with Crippen molar-refractivity contribution in [2.45, 2.75) is 13.0 Å². The van der Waals surface area contributed by atoms with Crippen molar-refractivity contribution in [1.29, 1.82) is 0 Å². The van der Waals surface area contributed by atoms with Crippen LogP contribution in [0.1, 0.15) is 33.1 Å². The molecular weight excluding hydrogens is 412 g/mol. The van der Waals surface area contributed by atoms with Gasteiger partial charge in [0.05, 0.1) is 12.6 Å². The van der Waals surface area contributed by atoms with Gasteiger partial charge in [-0.3, -0.25) is 19.4 Å². The van der Waals surface area contributed by atoms with E-state index in [0.717, 1.165) is 31.7 Å². The molecule has 0 bridgehead atoms. The van der Waals surface area contributed by atoms with Gasteiger partial charge in [0.1, 0.15) is 0 Å². The quantitative estimate of drug-likeness (QED) is 0.388. The second-order valence-electron chi connectivity index (χ2n) is 8.49. The number of aryl methyl sites for hydroxylation is 1. The number of piperazine rings is 1. The van der Waals surface area contributed by atoms with Crippen LogP contribution >= 0.6 is 0 Å². The lowest BCUT2D eigenvalue weighted by Gasteiger charge is -2.39. The van der Waals surface area contributed by atoms with Crippen molar-refractivity contribution in [3.63, 3.8) is 0 Å². The zero-order valence-electron chi connectivity index (χ0n) is 19.0. The third-order valence-corrected chi connectivity index (χ3v) is 6.09. The molecule has 0 aliphatic carbocycles. The zero-order valence-corrected chi connectivity index (χ0v) is 19.0. The fourth-order valence-electron chi connectivity index (χ4n) is 4.26. The summed E-state index contributed by atoms with van der Waals surface area (Å²) in [7, 11) is 0. The van der Waals surface area contributed by atoms with Crippen LogP contribution in [-0.4, -0.2) is 60.9 Å². The molecule has 4 rings (SSSR count). The van der Waals surface area contributed by atoms with Crippen LogP contribution in [0.4, 0.5) is 0 Å². The molecule has 0 amide bonds. The number of carbonyl (C=O) groups excluding carboxylic acids is 2. The fourth-order valence-corrected chi connectivity index (χ4v) is 4.26. The lowest BCUT2D eigenvalue weighted by Crippen LogP contribution is -2.49. The molecule has 0 spiro atoms. The van der Waals surface area contributed by atoms with Crippen LogP contribution in [-0.2, 0) is 9.53 Å². The molecule has 33 heavy (non-hydrogen) atoms. The molecule has 1 saturated heterocycles. The molecule has 3 aromatic carbocycles. The lowest BCUT2D eigenvalue weighted by molar-refractivity contribution is -0.144. The van der Waals surface area contributed by atoms with E-state index in [1.807, 2.05) is 31.2 Å². The van der Waals surface area contributed by atoms with E-state index in [9.17, 15) is 9.59 Å². The molecular formula is C28H30N2O3. The summed E-state index contributed by atoms with van der Waals surface area (Å²) in [4.78, 5) is 29.1. The van der Waals surface area contributed by atoms with Crippen LogP contribution in [0.25, 0.3) is 0 Å². The highest BCUT2D eigenvalue weighted by Crippen LogP contribution is 2.29. The molecule has 5 heteroatoms. The first-order chi connectivity index (χ1) is 16.1. The van der Waals surface area contributed by atoms with Crippen LogP contribution in [0.15, 0.2) is 84.9 Å². The minimum atomic E-state index is -0.355. The first-order valence-corrected chi connectivity index (χ1v) is 11.4. The average Bonchev–Trinajstić information content (AvgIpc) is 2.85. The molecule has 3 aromatic rings. The predicted molar refractivity (Wildman–Crippen MR) is 129 cm³/mol. The number of hydrogen-bond donors (Lipinski definition) is 0. The maximum atomic E-state index is 12.3. The smallest absolute Gasteiger partial charge is 0.320 e. The fraction of sp³-hybridized carbons (Fsp3) is 0.286. The van der Waals surface area contributed by atoms with E-state index in [1.165, 1.54) is 11.1 Å². The number of nitrogens with zero attached hydrogens (tertiary/aromatic N) is 2. The standard InChI is InChI=1S/C28H30N2O3/c1-22-12-14-23(15-13-22)26(31)21-33-27(32)20-29-16-18-30(19-17-29)28(24-8-4-2-5-9-24)25-10-6-3-7-11-25/h2-15,28H,16-21H2,1H3. The van der Waals surface area contributed by atoms with Crippen LogP contribution in [0, 0.1) is 6.92 Å². The summed E-state index contributed by atoms with van der Waals surface area (Å²) in [5.41, 5.74) is 4.19. The Balaban J connectivity index is 1.30. The van der Waals surface area contributed by atoms with Crippen molar-refractivity contribution in [3.05, 3.63) is 107 Å². The van der Waals surface area contributed by atoms with Gasteiger partial charge in [-0.1, -0.05) is 90.5 Å². The van der Waals surface area contributed by atoms with E-state index in [1.54, 1.807) is 12.1 Å². The van der Waals surface area contributed by atoms with Crippen molar-refractivity contribution >= 4 is 11.8 Å². The van der Waals surface area contributed by atoms with Gasteiger partial charge in [0, 0.05) is 31.7 Å². The zero-order chi connectivity index (χ0) is 23.0. The summed E-state index contributed by atoms with van der Waals surface area (Å²) in [6, 6.07) is 28.6. The predicted octanol–water partition coefficient (Wildman–Crippen LogP) is 4.13. The summed E-state index contributed by atoms with van der Waals surface area (Å²) in [6.45, 7) is 5.21. The van der Waals surface area contributed by atoms with E-state index in [4.69, 9.17) is 4.74 Å². The van der Waals surface area contributed by atoms with Crippen LogP contribution < -0.4 is 0 Å². The summed E-state index contributed by atoms with van der Waals surface area (Å²) >= 11 is 0. The Labute approximate surface area is 195 Å². The van der Waals surface area contributed by atoms with Crippen LogP contribution in [0.5, 0.6) is 0 Å². The molecule has 170 valence electrons. The third-order valence-electron chi connectivity index (χ3n) is 6.09.